The van der Waals surface area contributed by atoms with Crippen LogP contribution in [0.15, 0.2) is 0 Å². The fraction of sp³-hybridized carbons (Fsp3) is 1.00. The minimum atomic E-state index is 0.145. The third-order valence-electron chi connectivity index (χ3n) is 6.32. The maximum Gasteiger partial charge on any atom is 0.0608 e. The van der Waals surface area contributed by atoms with Crippen molar-refractivity contribution >= 4 is 0 Å². The van der Waals surface area contributed by atoms with Crippen LogP contribution in [-0.2, 0) is 0 Å². The monoisotopic (exact) mass is 148 g/mol. The predicted molar refractivity (Wildman–Crippen MR) is 38.5 cm³/mol. The van der Waals surface area contributed by atoms with E-state index in [2.05, 4.69) is 6.92 Å². The van der Waals surface area contributed by atoms with Gasteiger partial charge in [0.15, 0.2) is 0 Å². The largest absolute Gasteiger partial charge is 0.393 e. The van der Waals surface area contributed by atoms with Gasteiger partial charge in [0, 0.05) is 0 Å². The molecule has 0 unspecified atom stereocenters. The van der Waals surface area contributed by atoms with Crippen molar-refractivity contribution in [2.75, 3.05) is 0 Å². The summed E-state index contributed by atoms with van der Waals surface area (Å²) < 4.78 is 0. The van der Waals surface area contributed by atoms with E-state index in [1.165, 1.54) is 0 Å². The van der Waals surface area contributed by atoms with Gasteiger partial charge < -0.3 is 5.11 Å². The molecule has 6 fully saturated rings. The summed E-state index contributed by atoms with van der Waals surface area (Å²) >= 11 is 0. The van der Waals surface area contributed by atoms with Crippen molar-refractivity contribution in [3.8, 4) is 0 Å². The second-order valence-corrected chi connectivity index (χ2v) is 5.74. The minimum absolute atomic E-state index is 0.145. The molecule has 0 amide bonds. The zero-order chi connectivity index (χ0) is 7.12. The van der Waals surface area contributed by atoms with E-state index in [0.717, 1.165) is 46.8 Å². The zero-order valence-electron chi connectivity index (χ0n) is 6.57. The van der Waals surface area contributed by atoms with Gasteiger partial charge in [-0.1, -0.05) is 6.92 Å². The molecule has 1 N–H and O–H groups in total. The fourth-order valence-electron chi connectivity index (χ4n) is 6.44. The van der Waals surface area contributed by atoms with E-state index in [1.54, 1.807) is 0 Å². The van der Waals surface area contributed by atoms with Gasteiger partial charge in [0.05, 0.1) is 6.10 Å². The van der Waals surface area contributed by atoms with Crippen LogP contribution in [0, 0.1) is 46.8 Å². The second-order valence-electron chi connectivity index (χ2n) is 5.74. The van der Waals surface area contributed by atoms with Crippen molar-refractivity contribution in [3.63, 3.8) is 0 Å². The van der Waals surface area contributed by atoms with Gasteiger partial charge in [-0.15, -0.1) is 0 Å². The highest BCUT2D eigenvalue weighted by Gasteiger charge is 2.98. The molecular weight excluding hydrogens is 136 g/mol. The second kappa shape index (κ2) is 0.891. The summed E-state index contributed by atoms with van der Waals surface area (Å²) in [7, 11) is 0. The molecule has 0 spiro atoms. The lowest BCUT2D eigenvalue weighted by Gasteiger charge is -2.90. The van der Waals surface area contributed by atoms with Crippen LogP contribution in [0.4, 0.5) is 0 Å². The van der Waals surface area contributed by atoms with E-state index in [9.17, 15) is 5.11 Å². The highest BCUT2D eigenvalue weighted by Crippen LogP contribution is 2.99. The molecule has 58 valence electrons. The maximum atomic E-state index is 9.86. The van der Waals surface area contributed by atoms with E-state index in [-0.39, 0.29) is 6.10 Å². The first kappa shape index (κ1) is 4.86. The van der Waals surface area contributed by atoms with Crippen LogP contribution < -0.4 is 0 Å². The molecule has 0 aromatic rings. The maximum absolute atomic E-state index is 9.86. The van der Waals surface area contributed by atoms with Gasteiger partial charge in [0.1, 0.15) is 0 Å². The average Bonchev–Trinajstić information content (AvgIpc) is 2.16. The number of aliphatic hydroxyl groups is 1. The van der Waals surface area contributed by atoms with E-state index in [1.807, 2.05) is 0 Å². The molecular formula is C10H12O. The summed E-state index contributed by atoms with van der Waals surface area (Å²) in [5, 5.41) is 9.86. The molecule has 6 rings (SSSR count). The van der Waals surface area contributed by atoms with Crippen molar-refractivity contribution in [1.82, 2.24) is 0 Å². The first-order valence-electron chi connectivity index (χ1n) is 4.96. The smallest absolute Gasteiger partial charge is 0.0608 e. The molecule has 6 aliphatic carbocycles. The summed E-state index contributed by atoms with van der Waals surface area (Å²) in [6.45, 7) is 2.48. The number of hydrogen-bond acceptors (Lipinski definition) is 1. The third kappa shape index (κ3) is 0.188. The summed E-state index contributed by atoms with van der Waals surface area (Å²) in [6.07, 6.45) is 0.145. The van der Waals surface area contributed by atoms with Crippen LogP contribution in [-0.4, -0.2) is 11.2 Å². The molecule has 6 saturated carbocycles. The van der Waals surface area contributed by atoms with Crippen molar-refractivity contribution in [2.45, 2.75) is 13.0 Å². The van der Waals surface area contributed by atoms with E-state index in [0.29, 0.717) is 0 Å². The Morgan fingerprint density at radius 2 is 1.45 bits per heavy atom. The SMILES string of the molecule is CC12C3[C@H]4C5[C@@H](O)C([C@H]41)[C@@H]2[C@H]53. The van der Waals surface area contributed by atoms with Gasteiger partial charge in [-0.25, -0.2) is 0 Å². The van der Waals surface area contributed by atoms with Crippen LogP contribution >= 0.6 is 0 Å². The van der Waals surface area contributed by atoms with Crippen LogP contribution in [0.1, 0.15) is 6.92 Å². The molecule has 1 heteroatoms. The summed E-state index contributed by atoms with van der Waals surface area (Å²) in [6, 6.07) is 0. The Morgan fingerprint density at radius 1 is 0.909 bits per heavy atom. The Balaban J connectivity index is 1.84. The lowest BCUT2D eigenvalue weighted by molar-refractivity contribution is -0.440. The molecule has 0 radical (unpaired) electrons. The Labute approximate surface area is 65.8 Å². The van der Waals surface area contributed by atoms with Crippen molar-refractivity contribution in [2.24, 2.45) is 46.8 Å². The van der Waals surface area contributed by atoms with Crippen LogP contribution in [0.5, 0.6) is 0 Å². The predicted octanol–water partition coefficient (Wildman–Crippen LogP) is 0.735. The highest BCUT2D eigenvalue weighted by atomic mass is 16.3. The third-order valence-corrected chi connectivity index (χ3v) is 6.32. The van der Waals surface area contributed by atoms with Gasteiger partial charge >= 0.3 is 0 Å². The van der Waals surface area contributed by atoms with E-state index in [4.69, 9.17) is 0 Å². The first-order valence-corrected chi connectivity index (χ1v) is 4.96. The number of hydrogen-bond donors (Lipinski definition) is 1. The topological polar surface area (TPSA) is 20.2 Å². The van der Waals surface area contributed by atoms with Crippen LogP contribution in [0.2, 0.25) is 0 Å². The van der Waals surface area contributed by atoms with E-state index < -0.39 is 0 Å². The first-order chi connectivity index (χ1) is 5.28. The van der Waals surface area contributed by atoms with Crippen LogP contribution in [0.3, 0.4) is 0 Å². The molecule has 0 aromatic carbocycles. The number of aliphatic hydroxyl groups excluding tert-OH is 1. The molecule has 1 nitrogen and oxygen atoms in total. The summed E-state index contributed by atoms with van der Waals surface area (Å²) in [4.78, 5) is 0. The highest BCUT2D eigenvalue weighted by molar-refractivity contribution is 5.44. The minimum Gasteiger partial charge on any atom is -0.393 e. The van der Waals surface area contributed by atoms with Crippen molar-refractivity contribution in [3.05, 3.63) is 0 Å². The zero-order valence-corrected chi connectivity index (χ0v) is 6.57. The van der Waals surface area contributed by atoms with Gasteiger partial charge in [0.2, 0.25) is 0 Å². The van der Waals surface area contributed by atoms with Gasteiger partial charge in [-0.3, -0.25) is 0 Å². The lowest BCUT2D eigenvalue weighted by atomic mass is 9.14. The molecule has 0 aromatic heterocycles. The molecule has 2 bridgehead atoms. The molecule has 0 heterocycles. The molecule has 11 heavy (non-hydrogen) atoms. The summed E-state index contributed by atoms with van der Waals surface area (Å²) in [5.74, 6) is 6.66. The molecule has 5 atom stereocenters. The fourth-order valence-corrected chi connectivity index (χ4v) is 6.44. The summed E-state index contributed by atoms with van der Waals surface area (Å²) in [5.41, 5.74) is 0.772. The van der Waals surface area contributed by atoms with Crippen molar-refractivity contribution in [1.29, 1.82) is 0 Å². The van der Waals surface area contributed by atoms with E-state index >= 15 is 0 Å². The number of rotatable bonds is 0. The molecule has 0 aliphatic heterocycles. The Bertz CT molecular complexity index is 277. The Morgan fingerprint density at radius 3 is 1.91 bits per heavy atom. The Hall–Kier alpha value is -0.0400. The molecule has 0 saturated heterocycles. The molecule has 6 aliphatic rings. The van der Waals surface area contributed by atoms with Gasteiger partial charge in [-0.05, 0) is 46.8 Å². The standard InChI is InChI=1S/C10H12O/c1-10-6-3-2-4(6)8(10)5(7(3)10)9(2)11/h2-9,11H,1H3/t2?,3-,4-,5?,6?,7+,8+,9-,10?/m1/s1. The van der Waals surface area contributed by atoms with Crippen LogP contribution in [0.25, 0.3) is 0 Å². The Kier molecular flexibility index (Phi) is 0.393. The van der Waals surface area contributed by atoms with Gasteiger partial charge in [-0.2, -0.15) is 0 Å². The lowest BCUT2D eigenvalue weighted by Crippen LogP contribution is -2.87. The average molecular weight is 148 g/mol. The normalized spacial score (nSPS) is 96.5. The van der Waals surface area contributed by atoms with Crippen molar-refractivity contribution < 1.29 is 5.11 Å². The van der Waals surface area contributed by atoms with Gasteiger partial charge in [0.25, 0.3) is 0 Å². The quantitative estimate of drug-likeness (QED) is 0.537.